The maximum Gasteiger partial charge on any atom is 0.138 e. The number of rotatable bonds is 7. The van der Waals surface area contributed by atoms with Gasteiger partial charge >= 0.3 is 0 Å². The first-order valence-corrected chi connectivity index (χ1v) is 12.1. The van der Waals surface area contributed by atoms with Gasteiger partial charge in [-0.25, -0.2) is 0 Å². The molecule has 0 radical (unpaired) electrons. The van der Waals surface area contributed by atoms with Crippen LogP contribution in [0.5, 0.6) is 5.75 Å². The lowest BCUT2D eigenvalue weighted by atomic mass is 9.74. The van der Waals surface area contributed by atoms with Crippen LogP contribution in [-0.4, -0.2) is 41.8 Å². The zero-order valence-electron chi connectivity index (χ0n) is 18.3. The quantitative estimate of drug-likeness (QED) is 0.635. The topological polar surface area (TPSA) is 58.7 Å². The molecule has 4 rings (SSSR count). The summed E-state index contributed by atoms with van der Waals surface area (Å²) in [6, 6.07) is 16.6. The number of piperidine rings is 1. The predicted octanol–water partition coefficient (Wildman–Crippen LogP) is 4.98. The molecular formula is C26H35ClN2O2. The predicted molar refractivity (Wildman–Crippen MR) is 127 cm³/mol. The highest BCUT2D eigenvalue weighted by Crippen LogP contribution is 2.39. The highest BCUT2D eigenvalue weighted by Gasteiger charge is 2.33. The monoisotopic (exact) mass is 442 g/mol. The number of aliphatic hydroxyl groups is 1. The number of nitrogens with two attached hydrogens (primary N) is 1. The summed E-state index contributed by atoms with van der Waals surface area (Å²) in [4.78, 5) is 2.52. The van der Waals surface area contributed by atoms with Crippen LogP contribution in [0.25, 0.3) is 0 Å². The van der Waals surface area contributed by atoms with E-state index in [1.165, 1.54) is 12.0 Å². The Bertz CT molecular complexity index is 823. The van der Waals surface area contributed by atoms with Crippen LogP contribution in [0.15, 0.2) is 48.5 Å². The summed E-state index contributed by atoms with van der Waals surface area (Å²) in [5, 5.41) is 11.5. The summed E-state index contributed by atoms with van der Waals surface area (Å²) in [5.41, 5.74) is 8.44. The van der Waals surface area contributed by atoms with E-state index in [0.717, 1.165) is 57.3 Å². The maximum absolute atomic E-state index is 10.8. The smallest absolute Gasteiger partial charge is 0.138 e. The molecule has 0 spiro atoms. The van der Waals surface area contributed by atoms with Crippen molar-refractivity contribution in [1.82, 2.24) is 4.90 Å². The van der Waals surface area contributed by atoms with Gasteiger partial charge in [0.05, 0.1) is 11.1 Å². The molecule has 1 aliphatic heterocycles. The van der Waals surface area contributed by atoms with Gasteiger partial charge in [0, 0.05) is 18.5 Å². The molecule has 1 heterocycles. The van der Waals surface area contributed by atoms with Crippen LogP contribution in [0.4, 0.5) is 0 Å². The minimum atomic E-state index is -0.237. The van der Waals surface area contributed by atoms with E-state index >= 15 is 0 Å². The Morgan fingerprint density at radius 1 is 1.03 bits per heavy atom. The van der Waals surface area contributed by atoms with E-state index < -0.39 is 0 Å². The second kappa shape index (κ2) is 10.8. The fourth-order valence-corrected chi connectivity index (χ4v) is 5.35. The van der Waals surface area contributed by atoms with Crippen molar-refractivity contribution < 1.29 is 9.84 Å². The highest BCUT2D eigenvalue weighted by atomic mass is 35.5. The lowest BCUT2D eigenvalue weighted by Crippen LogP contribution is -2.43. The largest absolute Gasteiger partial charge is 0.487 e. The van der Waals surface area contributed by atoms with Crippen molar-refractivity contribution in [1.29, 1.82) is 0 Å². The fraction of sp³-hybridized carbons (Fsp3) is 0.538. The van der Waals surface area contributed by atoms with Gasteiger partial charge in [-0.1, -0.05) is 60.8 Å². The molecule has 3 atom stereocenters. The van der Waals surface area contributed by atoms with E-state index in [9.17, 15) is 5.11 Å². The Hall–Kier alpha value is -1.59. The first-order chi connectivity index (χ1) is 15.1. The third-order valence-electron chi connectivity index (χ3n) is 7.01. The van der Waals surface area contributed by atoms with Crippen LogP contribution in [-0.2, 0) is 6.61 Å². The zero-order chi connectivity index (χ0) is 21.6. The number of likely N-dealkylation sites (tertiary alicyclic amines) is 1. The third-order valence-corrected chi connectivity index (χ3v) is 7.30. The minimum Gasteiger partial charge on any atom is -0.487 e. The Morgan fingerprint density at radius 2 is 1.77 bits per heavy atom. The fourth-order valence-electron chi connectivity index (χ4n) is 5.11. The second-order valence-electron chi connectivity index (χ2n) is 9.22. The summed E-state index contributed by atoms with van der Waals surface area (Å²) < 4.78 is 5.98. The highest BCUT2D eigenvalue weighted by molar-refractivity contribution is 6.32. The van der Waals surface area contributed by atoms with E-state index in [4.69, 9.17) is 22.1 Å². The van der Waals surface area contributed by atoms with Crippen LogP contribution < -0.4 is 10.5 Å². The number of nitrogens with zero attached hydrogens (tertiary/aromatic N) is 1. The molecule has 0 bridgehead atoms. The number of aliphatic hydroxyl groups excluding tert-OH is 1. The van der Waals surface area contributed by atoms with Gasteiger partial charge in [-0.2, -0.15) is 0 Å². The number of hydrogen-bond acceptors (Lipinski definition) is 4. The van der Waals surface area contributed by atoms with Gasteiger partial charge in [0.1, 0.15) is 12.4 Å². The Balaban J connectivity index is 1.50. The molecule has 1 saturated carbocycles. The molecule has 0 amide bonds. The average molecular weight is 443 g/mol. The van der Waals surface area contributed by atoms with E-state index in [1.807, 2.05) is 36.4 Å². The molecule has 3 unspecified atom stereocenters. The molecule has 1 aliphatic carbocycles. The average Bonchev–Trinajstić information content (AvgIpc) is 2.79. The van der Waals surface area contributed by atoms with Gasteiger partial charge < -0.3 is 20.5 Å². The van der Waals surface area contributed by atoms with Crippen LogP contribution in [0.3, 0.4) is 0 Å². The maximum atomic E-state index is 10.8. The number of benzene rings is 2. The minimum absolute atomic E-state index is 0.237. The molecule has 31 heavy (non-hydrogen) atoms. The third kappa shape index (κ3) is 6.01. The molecule has 5 heteroatoms. The van der Waals surface area contributed by atoms with Gasteiger partial charge in [-0.05, 0) is 68.0 Å². The van der Waals surface area contributed by atoms with E-state index in [0.29, 0.717) is 23.4 Å². The molecule has 3 N–H and O–H groups in total. The van der Waals surface area contributed by atoms with Crippen LogP contribution >= 0.6 is 11.6 Å². The van der Waals surface area contributed by atoms with Gasteiger partial charge in [-0.15, -0.1) is 0 Å². The van der Waals surface area contributed by atoms with Crippen molar-refractivity contribution in [2.45, 2.75) is 63.2 Å². The lowest BCUT2D eigenvalue weighted by Gasteiger charge is -2.39. The normalized spacial score (nSPS) is 24.1. The molecule has 2 aromatic rings. The van der Waals surface area contributed by atoms with Gasteiger partial charge in [-0.3, -0.25) is 0 Å². The molecule has 4 nitrogen and oxygen atoms in total. The molecular weight excluding hydrogens is 408 g/mol. The van der Waals surface area contributed by atoms with Crippen molar-refractivity contribution >= 4 is 11.6 Å². The Morgan fingerprint density at radius 3 is 2.48 bits per heavy atom. The summed E-state index contributed by atoms with van der Waals surface area (Å²) in [6.45, 7) is 3.52. The van der Waals surface area contributed by atoms with Crippen molar-refractivity contribution in [2.75, 3.05) is 19.6 Å². The molecule has 2 fully saturated rings. The van der Waals surface area contributed by atoms with Gasteiger partial charge in [0.15, 0.2) is 0 Å². The van der Waals surface area contributed by atoms with Crippen LogP contribution in [0, 0.1) is 5.92 Å². The first kappa shape index (κ1) is 22.6. The first-order valence-electron chi connectivity index (χ1n) is 11.7. The zero-order valence-corrected chi connectivity index (χ0v) is 19.0. The summed E-state index contributed by atoms with van der Waals surface area (Å²) in [6.07, 6.45) is 6.14. The number of hydrogen-bond donors (Lipinski definition) is 2. The molecule has 1 saturated heterocycles. The van der Waals surface area contributed by atoms with Crippen molar-refractivity contribution in [3.63, 3.8) is 0 Å². The molecule has 2 aromatic carbocycles. The van der Waals surface area contributed by atoms with Gasteiger partial charge in [0.2, 0.25) is 0 Å². The summed E-state index contributed by atoms with van der Waals surface area (Å²) in [5.74, 6) is 1.25. The van der Waals surface area contributed by atoms with Crippen molar-refractivity contribution in [3.8, 4) is 5.75 Å². The SMILES string of the molecule is NC1CCN(CC(c2ccc(OCc3ccccc3)c(Cl)c2)C2CCCCC2O)CC1. The second-order valence-corrected chi connectivity index (χ2v) is 9.63. The van der Waals surface area contributed by atoms with E-state index in [-0.39, 0.29) is 17.9 Å². The van der Waals surface area contributed by atoms with Crippen LogP contribution in [0.1, 0.15) is 55.6 Å². The van der Waals surface area contributed by atoms with Crippen LogP contribution in [0.2, 0.25) is 5.02 Å². The standard InChI is InChI=1S/C26H35ClN2O2/c27-24-16-20(10-11-26(24)31-18-19-6-2-1-3-7-19)23(22-8-4-5-9-25(22)30)17-29-14-12-21(28)13-15-29/h1-3,6-7,10-11,16,21-23,25,30H,4-5,8-9,12-15,17-18,28H2. The van der Waals surface area contributed by atoms with Crippen molar-refractivity contribution in [2.24, 2.45) is 11.7 Å². The molecule has 0 aromatic heterocycles. The van der Waals surface area contributed by atoms with Gasteiger partial charge in [0.25, 0.3) is 0 Å². The summed E-state index contributed by atoms with van der Waals surface area (Å²) in [7, 11) is 0. The Kier molecular flexibility index (Phi) is 7.89. The van der Waals surface area contributed by atoms with Crippen molar-refractivity contribution in [3.05, 3.63) is 64.7 Å². The Labute approximate surface area is 191 Å². The number of halogens is 1. The van der Waals surface area contributed by atoms with E-state index in [2.05, 4.69) is 17.0 Å². The molecule has 168 valence electrons. The van der Waals surface area contributed by atoms with E-state index in [1.54, 1.807) is 0 Å². The number of ether oxygens (including phenoxy) is 1. The molecule has 2 aliphatic rings. The summed E-state index contributed by atoms with van der Waals surface area (Å²) >= 11 is 6.66. The lowest BCUT2D eigenvalue weighted by molar-refractivity contribution is 0.0435.